The average molecular weight is 298 g/mol. The third kappa shape index (κ3) is 2.83. The van der Waals surface area contributed by atoms with E-state index in [1.165, 1.54) is 0 Å². The van der Waals surface area contributed by atoms with Gasteiger partial charge in [0, 0.05) is 7.11 Å². The fraction of sp³-hybridized carbons (Fsp3) is 0.278. The minimum absolute atomic E-state index is 0.104. The molecule has 4 nitrogen and oxygen atoms in total. The van der Waals surface area contributed by atoms with E-state index in [4.69, 9.17) is 14.2 Å². The van der Waals surface area contributed by atoms with Gasteiger partial charge in [-0.2, -0.15) is 0 Å². The topological polar surface area (TPSA) is 44.8 Å². The van der Waals surface area contributed by atoms with Crippen molar-refractivity contribution in [2.24, 2.45) is 0 Å². The lowest BCUT2D eigenvalue weighted by molar-refractivity contribution is 0.0511. The smallest absolute Gasteiger partial charge is 0.188 e. The number of hydrogen-bond donors (Lipinski definition) is 0. The van der Waals surface area contributed by atoms with E-state index in [-0.39, 0.29) is 18.5 Å². The van der Waals surface area contributed by atoms with Crippen LogP contribution in [0.1, 0.15) is 27.4 Å². The molecule has 1 aliphatic rings. The first-order valence-electron chi connectivity index (χ1n) is 7.18. The zero-order valence-electron chi connectivity index (χ0n) is 12.7. The second-order valence-corrected chi connectivity index (χ2v) is 5.35. The van der Waals surface area contributed by atoms with E-state index in [2.05, 4.69) is 0 Å². The Morgan fingerprint density at radius 3 is 2.68 bits per heavy atom. The summed E-state index contributed by atoms with van der Waals surface area (Å²) in [5, 5.41) is 0. The van der Waals surface area contributed by atoms with Crippen molar-refractivity contribution < 1.29 is 19.0 Å². The van der Waals surface area contributed by atoms with Gasteiger partial charge in [0.05, 0.1) is 11.5 Å². The Bertz CT molecular complexity index is 676. The van der Waals surface area contributed by atoms with Gasteiger partial charge in [0.25, 0.3) is 0 Å². The number of ether oxygens (including phenoxy) is 3. The summed E-state index contributed by atoms with van der Waals surface area (Å²) in [6.45, 7) is 2.56. The minimum atomic E-state index is -0.272. The number of rotatable bonds is 4. The summed E-state index contributed by atoms with van der Waals surface area (Å²) in [6, 6.07) is 13.2. The van der Waals surface area contributed by atoms with Crippen LogP contribution in [0.5, 0.6) is 11.5 Å². The van der Waals surface area contributed by atoms with Gasteiger partial charge in [-0.05, 0) is 42.3 Å². The lowest BCUT2D eigenvalue weighted by atomic mass is 9.88. The lowest BCUT2D eigenvalue weighted by Crippen LogP contribution is -2.26. The number of methoxy groups -OCH3 is 1. The Morgan fingerprint density at radius 1 is 1.18 bits per heavy atom. The molecule has 0 spiro atoms. The van der Waals surface area contributed by atoms with Crippen LogP contribution in [0.2, 0.25) is 0 Å². The van der Waals surface area contributed by atoms with Gasteiger partial charge in [0.15, 0.2) is 12.6 Å². The number of aryl methyl sites for hydroxylation is 1. The molecule has 0 bridgehead atoms. The molecule has 0 fully saturated rings. The first-order chi connectivity index (χ1) is 10.7. The third-order valence-electron chi connectivity index (χ3n) is 3.75. The van der Waals surface area contributed by atoms with Crippen LogP contribution in [0.25, 0.3) is 0 Å². The number of benzene rings is 2. The van der Waals surface area contributed by atoms with Crippen molar-refractivity contribution in [2.75, 3.05) is 20.5 Å². The van der Waals surface area contributed by atoms with Crippen LogP contribution in [0, 0.1) is 6.92 Å². The molecule has 114 valence electrons. The SMILES string of the molecule is COCOc1ccc(C2COc3cc(C)ccc3C2=O)cc1. The number of carbonyl (C=O) groups is 1. The maximum Gasteiger partial charge on any atom is 0.188 e. The van der Waals surface area contributed by atoms with Crippen molar-refractivity contribution >= 4 is 5.78 Å². The zero-order chi connectivity index (χ0) is 15.5. The summed E-state index contributed by atoms with van der Waals surface area (Å²) in [6.07, 6.45) is 0. The summed E-state index contributed by atoms with van der Waals surface area (Å²) in [5.41, 5.74) is 2.67. The van der Waals surface area contributed by atoms with Crippen LogP contribution in [-0.2, 0) is 4.74 Å². The van der Waals surface area contributed by atoms with Crippen LogP contribution in [0.3, 0.4) is 0 Å². The van der Waals surface area contributed by atoms with Crippen LogP contribution >= 0.6 is 0 Å². The van der Waals surface area contributed by atoms with Crippen molar-refractivity contribution in [3.05, 3.63) is 59.2 Å². The summed E-state index contributed by atoms with van der Waals surface area (Å²) in [7, 11) is 1.57. The predicted molar refractivity (Wildman–Crippen MR) is 82.7 cm³/mol. The van der Waals surface area contributed by atoms with Gasteiger partial charge in [0.2, 0.25) is 0 Å². The molecular weight excluding hydrogens is 280 g/mol. The molecule has 0 saturated carbocycles. The van der Waals surface area contributed by atoms with Crippen molar-refractivity contribution in [2.45, 2.75) is 12.8 Å². The first kappa shape index (κ1) is 14.6. The van der Waals surface area contributed by atoms with E-state index in [0.717, 1.165) is 11.1 Å². The number of fused-ring (bicyclic) bond motifs is 1. The van der Waals surface area contributed by atoms with Crippen molar-refractivity contribution in [3.63, 3.8) is 0 Å². The molecule has 22 heavy (non-hydrogen) atoms. The van der Waals surface area contributed by atoms with Crippen molar-refractivity contribution in [1.82, 2.24) is 0 Å². The Labute approximate surface area is 129 Å². The lowest BCUT2D eigenvalue weighted by Gasteiger charge is -2.24. The van der Waals surface area contributed by atoms with E-state index in [9.17, 15) is 4.79 Å². The largest absolute Gasteiger partial charge is 0.492 e. The standard InChI is InChI=1S/C18H18O4/c1-12-3-8-15-17(9-12)21-10-16(18(15)19)13-4-6-14(7-5-13)22-11-20-2/h3-9,16H,10-11H2,1-2H3. The highest BCUT2D eigenvalue weighted by Crippen LogP contribution is 2.33. The Kier molecular flexibility index (Phi) is 4.11. The normalized spacial score (nSPS) is 16.8. The van der Waals surface area contributed by atoms with Crippen LogP contribution < -0.4 is 9.47 Å². The maximum atomic E-state index is 12.7. The predicted octanol–water partition coefficient (Wildman–Crippen LogP) is 3.34. The Morgan fingerprint density at radius 2 is 1.95 bits per heavy atom. The second-order valence-electron chi connectivity index (χ2n) is 5.35. The second kappa shape index (κ2) is 6.20. The van der Waals surface area contributed by atoms with Crippen LogP contribution in [-0.4, -0.2) is 26.3 Å². The molecule has 2 aromatic carbocycles. The van der Waals surface area contributed by atoms with E-state index in [1.54, 1.807) is 7.11 Å². The molecule has 2 aromatic rings. The Hall–Kier alpha value is -2.33. The summed E-state index contributed by atoms with van der Waals surface area (Å²) < 4.78 is 16.0. The first-order valence-corrected chi connectivity index (χ1v) is 7.18. The molecule has 1 unspecified atom stereocenters. The Balaban J connectivity index is 1.81. The van der Waals surface area contributed by atoms with Gasteiger partial charge in [-0.3, -0.25) is 4.79 Å². The molecule has 4 heteroatoms. The van der Waals surface area contributed by atoms with Gasteiger partial charge >= 0.3 is 0 Å². The number of hydrogen-bond acceptors (Lipinski definition) is 4. The number of carbonyl (C=O) groups excluding carboxylic acids is 1. The van der Waals surface area contributed by atoms with E-state index in [1.807, 2.05) is 49.4 Å². The molecule has 0 N–H and O–H groups in total. The number of Topliss-reactive ketones (excluding diaryl/α,β-unsaturated/α-hetero) is 1. The summed E-state index contributed by atoms with van der Waals surface area (Å²) in [5.74, 6) is 1.23. The molecule has 0 aliphatic carbocycles. The van der Waals surface area contributed by atoms with E-state index in [0.29, 0.717) is 23.7 Å². The van der Waals surface area contributed by atoms with Gasteiger partial charge in [-0.1, -0.05) is 18.2 Å². The maximum absolute atomic E-state index is 12.7. The number of ketones is 1. The fourth-order valence-corrected chi connectivity index (χ4v) is 2.56. The highest BCUT2D eigenvalue weighted by atomic mass is 16.7. The molecule has 0 saturated heterocycles. The molecular formula is C18H18O4. The van der Waals surface area contributed by atoms with Gasteiger partial charge < -0.3 is 14.2 Å². The minimum Gasteiger partial charge on any atom is -0.492 e. The van der Waals surface area contributed by atoms with Crippen molar-refractivity contribution in [3.8, 4) is 11.5 Å². The van der Waals surface area contributed by atoms with E-state index < -0.39 is 0 Å². The highest BCUT2D eigenvalue weighted by molar-refractivity contribution is 6.04. The zero-order valence-corrected chi connectivity index (χ0v) is 12.7. The molecule has 0 radical (unpaired) electrons. The highest BCUT2D eigenvalue weighted by Gasteiger charge is 2.30. The summed E-state index contributed by atoms with van der Waals surface area (Å²) >= 11 is 0. The molecule has 0 aromatic heterocycles. The van der Waals surface area contributed by atoms with Gasteiger partial charge in [-0.25, -0.2) is 0 Å². The summed E-state index contributed by atoms with van der Waals surface area (Å²) in [4.78, 5) is 12.7. The van der Waals surface area contributed by atoms with Crippen LogP contribution in [0.15, 0.2) is 42.5 Å². The monoisotopic (exact) mass is 298 g/mol. The molecule has 1 heterocycles. The third-order valence-corrected chi connectivity index (χ3v) is 3.75. The van der Waals surface area contributed by atoms with E-state index >= 15 is 0 Å². The average Bonchev–Trinajstić information content (AvgIpc) is 2.54. The van der Waals surface area contributed by atoms with Gasteiger partial charge in [-0.15, -0.1) is 0 Å². The quantitative estimate of drug-likeness (QED) is 0.812. The molecule has 1 aliphatic heterocycles. The molecule has 1 atom stereocenters. The van der Waals surface area contributed by atoms with Crippen molar-refractivity contribution in [1.29, 1.82) is 0 Å². The fourth-order valence-electron chi connectivity index (χ4n) is 2.56. The van der Waals surface area contributed by atoms with Gasteiger partial charge in [0.1, 0.15) is 18.1 Å². The molecule has 3 rings (SSSR count). The van der Waals surface area contributed by atoms with Crippen LogP contribution in [0.4, 0.5) is 0 Å². The molecule has 0 amide bonds.